The highest BCUT2D eigenvalue weighted by molar-refractivity contribution is 5.79. The van der Waals surface area contributed by atoms with Crippen molar-refractivity contribution in [2.75, 3.05) is 6.54 Å². The van der Waals surface area contributed by atoms with Crippen molar-refractivity contribution in [1.29, 1.82) is 0 Å². The van der Waals surface area contributed by atoms with Gasteiger partial charge in [0.05, 0.1) is 0 Å². The van der Waals surface area contributed by atoms with E-state index in [0.717, 1.165) is 11.4 Å². The van der Waals surface area contributed by atoms with Gasteiger partial charge in [-0.15, -0.1) is 0 Å². The van der Waals surface area contributed by atoms with Gasteiger partial charge in [-0.2, -0.15) is 0 Å². The first kappa shape index (κ1) is 11.4. The minimum atomic E-state index is 0.0860. The second-order valence-corrected chi connectivity index (χ2v) is 3.62. The normalized spacial score (nSPS) is 21.7. The molecule has 0 amide bonds. The van der Waals surface area contributed by atoms with Gasteiger partial charge in [0.1, 0.15) is 12.0 Å². The molecule has 0 radical (unpaired) electrons. The predicted octanol–water partition coefficient (Wildman–Crippen LogP) is 1.53. The Morgan fingerprint density at radius 2 is 2.53 bits per heavy atom. The molecule has 1 aliphatic heterocycles. The molecule has 6 nitrogen and oxygen atoms in total. The van der Waals surface area contributed by atoms with Gasteiger partial charge in [-0.05, 0) is 26.3 Å². The van der Waals surface area contributed by atoms with Gasteiger partial charge < -0.3 is 10.6 Å². The molecule has 0 aromatic heterocycles. The Morgan fingerprint density at radius 1 is 1.80 bits per heavy atom. The van der Waals surface area contributed by atoms with Crippen molar-refractivity contribution in [1.82, 2.24) is 10.6 Å². The van der Waals surface area contributed by atoms with Gasteiger partial charge in [-0.1, -0.05) is 5.11 Å². The fraction of sp³-hybridized carbons (Fsp3) is 0.667. The molecular weight excluding hydrogens is 192 g/mol. The van der Waals surface area contributed by atoms with Crippen LogP contribution in [0.5, 0.6) is 0 Å². The Balaban J connectivity index is 2.56. The molecule has 0 saturated heterocycles. The van der Waals surface area contributed by atoms with Crippen molar-refractivity contribution in [3.63, 3.8) is 0 Å². The van der Waals surface area contributed by atoms with E-state index in [1.807, 2.05) is 27.0 Å². The van der Waals surface area contributed by atoms with Gasteiger partial charge in [-0.25, -0.2) is 0 Å². The molecule has 2 N–H and O–H groups in total. The van der Waals surface area contributed by atoms with Gasteiger partial charge in [0.25, 0.3) is 0 Å². The van der Waals surface area contributed by atoms with Crippen LogP contribution in [0.1, 0.15) is 20.8 Å². The second kappa shape index (κ2) is 5.26. The van der Waals surface area contributed by atoms with Crippen LogP contribution in [0, 0.1) is 0 Å². The fourth-order valence-corrected chi connectivity index (χ4v) is 1.25. The van der Waals surface area contributed by atoms with E-state index < -0.39 is 0 Å². The predicted molar refractivity (Wildman–Crippen MR) is 60.4 cm³/mol. The van der Waals surface area contributed by atoms with Crippen molar-refractivity contribution in [3.8, 4) is 0 Å². The van der Waals surface area contributed by atoms with Crippen LogP contribution in [0.15, 0.2) is 21.5 Å². The largest absolute Gasteiger partial charge is 0.369 e. The summed E-state index contributed by atoms with van der Waals surface area (Å²) in [6.45, 7) is 6.35. The standard InChI is InChI=1S/C9H16N6/c1-6-4-11-8(3)14-9(6)13-7(2)5-12-15-10/h4,7-8,13-14H,5H2,1-3H3/t7?,8-/m1/s1. The molecule has 0 bridgehead atoms. The van der Waals surface area contributed by atoms with Crippen LogP contribution in [-0.2, 0) is 0 Å². The van der Waals surface area contributed by atoms with E-state index >= 15 is 0 Å². The summed E-state index contributed by atoms with van der Waals surface area (Å²) in [6, 6.07) is 0.108. The Hall–Kier alpha value is -1.68. The average molecular weight is 208 g/mol. The van der Waals surface area contributed by atoms with Crippen molar-refractivity contribution < 1.29 is 0 Å². The zero-order valence-electron chi connectivity index (χ0n) is 9.23. The van der Waals surface area contributed by atoms with Crippen molar-refractivity contribution in [2.45, 2.75) is 33.0 Å². The van der Waals surface area contributed by atoms with E-state index in [4.69, 9.17) is 5.53 Å². The highest BCUT2D eigenvalue weighted by Crippen LogP contribution is 2.04. The molecule has 15 heavy (non-hydrogen) atoms. The molecule has 0 aliphatic carbocycles. The van der Waals surface area contributed by atoms with Gasteiger partial charge in [0, 0.05) is 29.3 Å². The van der Waals surface area contributed by atoms with E-state index in [0.29, 0.717) is 6.54 Å². The maximum atomic E-state index is 8.20. The number of hydrogen-bond acceptors (Lipinski definition) is 4. The lowest BCUT2D eigenvalue weighted by molar-refractivity contribution is 0.530. The third-order valence-electron chi connectivity index (χ3n) is 2.05. The van der Waals surface area contributed by atoms with Gasteiger partial charge in [0.2, 0.25) is 0 Å². The van der Waals surface area contributed by atoms with E-state index in [9.17, 15) is 0 Å². The van der Waals surface area contributed by atoms with Gasteiger partial charge >= 0.3 is 0 Å². The lowest BCUT2D eigenvalue weighted by Gasteiger charge is -2.24. The molecule has 0 spiro atoms. The summed E-state index contributed by atoms with van der Waals surface area (Å²) in [5.41, 5.74) is 9.25. The number of nitrogens with zero attached hydrogens (tertiary/aromatic N) is 4. The Morgan fingerprint density at radius 3 is 3.20 bits per heavy atom. The van der Waals surface area contributed by atoms with Gasteiger partial charge in [0.15, 0.2) is 0 Å². The molecule has 1 unspecified atom stereocenters. The highest BCUT2D eigenvalue weighted by atomic mass is 15.2. The van der Waals surface area contributed by atoms with Crippen molar-refractivity contribution in [3.05, 3.63) is 21.8 Å². The molecule has 0 aromatic carbocycles. The number of nitrogens with one attached hydrogen (secondary N) is 2. The number of aliphatic imine (C=N–C) groups is 1. The lowest BCUT2D eigenvalue weighted by atomic mass is 10.2. The minimum Gasteiger partial charge on any atom is -0.369 e. The Labute approximate surface area is 89.1 Å². The average Bonchev–Trinajstić information content (AvgIpc) is 2.20. The summed E-state index contributed by atoms with van der Waals surface area (Å²) < 4.78 is 0. The molecule has 1 rings (SSSR count). The van der Waals surface area contributed by atoms with E-state index in [-0.39, 0.29) is 12.2 Å². The van der Waals surface area contributed by atoms with Crippen LogP contribution < -0.4 is 10.6 Å². The van der Waals surface area contributed by atoms with Crippen LogP contribution in [0.2, 0.25) is 0 Å². The van der Waals surface area contributed by atoms with Crippen molar-refractivity contribution >= 4 is 6.21 Å². The van der Waals surface area contributed by atoms with Crippen LogP contribution >= 0.6 is 0 Å². The zero-order chi connectivity index (χ0) is 11.3. The molecule has 82 valence electrons. The van der Waals surface area contributed by atoms with E-state index in [1.54, 1.807) is 0 Å². The topological polar surface area (TPSA) is 85.2 Å². The molecular formula is C9H16N6. The smallest absolute Gasteiger partial charge is 0.116 e. The minimum absolute atomic E-state index is 0.0860. The first-order chi connectivity index (χ1) is 7.13. The monoisotopic (exact) mass is 208 g/mol. The molecule has 0 fully saturated rings. The SMILES string of the molecule is CC1=C(NC(C)CN=[N+]=[N-])N[C@H](C)N=C1. The summed E-state index contributed by atoms with van der Waals surface area (Å²) in [4.78, 5) is 6.94. The first-order valence-electron chi connectivity index (χ1n) is 4.91. The molecule has 6 heteroatoms. The maximum Gasteiger partial charge on any atom is 0.116 e. The van der Waals surface area contributed by atoms with E-state index in [2.05, 4.69) is 25.7 Å². The summed E-state index contributed by atoms with van der Waals surface area (Å²) in [6.07, 6.45) is 1.92. The zero-order valence-corrected chi connectivity index (χ0v) is 9.23. The first-order valence-corrected chi connectivity index (χ1v) is 4.91. The summed E-state index contributed by atoms with van der Waals surface area (Å²) in [5, 5.41) is 9.97. The Bertz CT molecular complexity index is 325. The molecule has 1 heterocycles. The maximum absolute atomic E-state index is 8.20. The van der Waals surface area contributed by atoms with Crippen LogP contribution in [0.3, 0.4) is 0 Å². The van der Waals surface area contributed by atoms with E-state index in [1.165, 1.54) is 0 Å². The number of rotatable bonds is 4. The highest BCUT2D eigenvalue weighted by Gasteiger charge is 2.11. The van der Waals surface area contributed by atoms with Crippen LogP contribution in [0.4, 0.5) is 0 Å². The summed E-state index contributed by atoms with van der Waals surface area (Å²) >= 11 is 0. The molecule has 2 atom stereocenters. The number of azide groups is 1. The molecule has 1 aliphatic rings. The van der Waals surface area contributed by atoms with Crippen LogP contribution in [0.25, 0.3) is 10.4 Å². The quantitative estimate of drug-likeness (QED) is 0.417. The molecule has 0 aromatic rings. The molecule has 0 saturated carbocycles. The summed E-state index contributed by atoms with van der Waals surface area (Å²) in [5.74, 6) is 0.957. The Kier molecular flexibility index (Phi) is 4.00. The second-order valence-electron chi connectivity index (χ2n) is 3.62. The number of allylic oxidation sites excluding steroid dienone is 1. The van der Waals surface area contributed by atoms with Gasteiger partial charge in [-0.3, -0.25) is 4.99 Å². The lowest BCUT2D eigenvalue weighted by Crippen LogP contribution is -2.40. The third-order valence-corrected chi connectivity index (χ3v) is 2.05. The number of hydrogen-bond donors (Lipinski definition) is 2. The van der Waals surface area contributed by atoms with Crippen molar-refractivity contribution in [2.24, 2.45) is 10.1 Å². The van der Waals surface area contributed by atoms with Crippen LogP contribution in [-0.4, -0.2) is 25.0 Å². The summed E-state index contributed by atoms with van der Waals surface area (Å²) in [7, 11) is 0. The third kappa shape index (κ3) is 3.52. The fourth-order valence-electron chi connectivity index (χ4n) is 1.25.